The van der Waals surface area contributed by atoms with Crippen molar-refractivity contribution in [3.63, 3.8) is 0 Å². The molecule has 1 aromatic carbocycles. The molecule has 2 N–H and O–H groups in total. The maximum atomic E-state index is 12.6. The van der Waals surface area contributed by atoms with E-state index in [1.54, 1.807) is 24.3 Å². The number of nitrogens with one attached hydrogen (secondary N) is 2. The predicted octanol–water partition coefficient (Wildman–Crippen LogP) is 3.58. The van der Waals surface area contributed by atoms with Crippen LogP contribution in [0.2, 0.25) is 0 Å². The van der Waals surface area contributed by atoms with Crippen LogP contribution in [0, 0.1) is 0 Å². The molecular formula is C17H16F3N3O2S. The number of hydrogen-bond donors (Lipinski definition) is 2. The van der Waals surface area contributed by atoms with Crippen LogP contribution in [0.3, 0.4) is 0 Å². The first-order valence-corrected chi connectivity index (χ1v) is 9.04. The van der Waals surface area contributed by atoms with E-state index in [1.165, 1.54) is 0 Å². The van der Waals surface area contributed by atoms with E-state index in [1.807, 2.05) is 0 Å². The molecule has 0 spiro atoms. The summed E-state index contributed by atoms with van der Waals surface area (Å²) in [7, 11) is 0. The molecule has 4 rings (SSSR count). The molecule has 0 saturated carbocycles. The second-order valence-electron chi connectivity index (χ2n) is 6.52. The lowest BCUT2D eigenvalue weighted by Gasteiger charge is -2.21. The number of carbonyl (C=O) groups excluding carboxylic acids is 1. The first kappa shape index (κ1) is 17.3. The second kappa shape index (κ2) is 6.55. The van der Waals surface area contributed by atoms with Crippen LogP contribution in [-0.4, -0.2) is 28.4 Å². The molecule has 1 amide bonds. The Balaban J connectivity index is 1.37. The third-order valence-electron chi connectivity index (χ3n) is 4.72. The van der Waals surface area contributed by atoms with E-state index in [-0.39, 0.29) is 17.8 Å². The molecule has 2 saturated heterocycles. The zero-order valence-electron chi connectivity index (χ0n) is 13.5. The number of ether oxygens (including phenoxy) is 1. The lowest BCUT2D eigenvalue weighted by Crippen LogP contribution is -2.42. The van der Waals surface area contributed by atoms with Crippen LogP contribution in [0.15, 0.2) is 30.3 Å². The second-order valence-corrected chi connectivity index (χ2v) is 7.32. The molecule has 138 valence electrons. The molecule has 2 bridgehead atoms. The molecule has 2 aliphatic rings. The van der Waals surface area contributed by atoms with Crippen molar-refractivity contribution in [2.24, 2.45) is 0 Å². The molecular weight excluding hydrogens is 367 g/mol. The van der Waals surface area contributed by atoms with Crippen molar-refractivity contribution in [3.8, 4) is 11.6 Å². The fourth-order valence-electron chi connectivity index (χ4n) is 3.47. The van der Waals surface area contributed by atoms with Crippen LogP contribution in [0.1, 0.15) is 34.5 Å². The summed E-state index contributed by atoms with van der Waals surface area (Å²) >= 11 is 0.337. The molecule has 0 radical (unpaired) electrons. The minimum absolute atomic E-state index is 0.118. The van der Waals surface area contributed by atoms with Crippen molar-refractivity contribution in [1.29, 1.82) is 0 Å². The fraction of sp³-hybridized carbons (Fsp3) is 0.412. The summed E-state index contributed by atoms with van der Waals surface area (Å²) in [6.45, 7) is 0. The minimum Gasteiger partial charge on any atom is -0.438 e. The zero-order chi connectivity index (χ0) is 18.3. The SMILES string of the molecule is O=C(NC1CC2CCC1N2)c1ccc(Oc2cc(C(F)(F)F)sn2)cc1. The fourth-order valence-corrected chi connectivity index (χ4v) is 4.01. The van der Waals surface area contributed by atoms with Gasteiger partial charge >= 0.3 is 6.18 Å². The average Bonchev–Trinajstić information content (AvgIpc) is 3.31. The van der Waals surface area contributed by atoms with Crippen LogP contribution >= 0.6 is 11.5 Å². The Kier molecular flexibility index (Phi) is 4.36. The number of amides is 1. The van der Waals surface area contributed by atoms with Crippen molar-refractivity contribution in [1.82, 2.24) is 15.0 Å². The number of halogens is 3. The number of carbonyl (C=O) groups is 1. The van der Waals surface area contributed by atoms with Gasteiger partial charge in [0.2, 0.25) is 5.88 Å². The van der Waals surface area contributed by atoms with Crippen molar-refractivity contribution < 1.29 is 22.7 Å². The Morgan fingerprint density at radius 3 is 2.62 bits per heavy atom. The summed E-state index contributed by atoms with van der Waals surface area (Å²) < 4.78 is 46.7. The van der Waals surface area contributed by atoms with Crippen LogP contribution in [0.4, 0.5) is 13.2 Å². The van der Waals surface area contributed by atoms with Crippen molar-refractivity contribution in [2.75, 3.05) is 0 Å². The van der Waals surface area contributed by atoms with Gasteiger partial charge < -0.3 is 15.4 Å². The third-order valence-corrected chi connectivity index (χ3v) is 5.54. The van der Waals surface area contributed by atoms with Crippen molar-refractivity contribution >= 4 is 17.4 Å². The largest absolute Gasteiger partial charge is 0.438 e. The van der Waals surface area contributed by atoms with E-state index in [0.717, 1.165) is 25.3 Å². The minimum atomic E-state index is -4.43. The van der Waals surface area contributed by atoms with Gasteiger partial charge in [0.25, 0.3) is 5.91 Å². The number of fused-ring (bicyclic) bond motifs is 2. The van der Waals surface area contributed by atoms with Gasteiger partial charge in [0.1, 0.15) is 10.6 Å². The molecule has 3 heterocycles. The number of hydrogen-bond acceptors (Lipinski definition) is 5. The van der Waals surface area contributed by atoms with Crippen LogP contribution < -0.4 is 15.4 Å². The Bertz CT molecular complexity index is 806. The van der Waals surface area contributed by atoms with Gasteiger partial charge in [-0.15, -0.1) is 0 Å². The molecule has 3 atom stereocenters. The van der Waals surface area contributed by atoms with E-state index in [0.29, 0.717) is 34.9 Å². The molecule has 9 heteroatoms. The maximum absolute atomic E-state index is 12.6. The summed E-state index contributed by atoms with van der Waals surface area (Å²) in [6, 6.07) is 8.10. The highest BCUT2D eigenvalue weighted by Gasteiger charge is 2.39. The maximum Gasteiger partial charge on any atom is 0.427 e. The standard InChI is InChI=1S/C17H16F3N3O2S/c18-17(19,20)14-8-15(23-26-14)25-11-4-1-9(2-5-11)16(24)22-13-7-10-3-6-12(13)21-10/h1-2,4-5,8,10,12-13,21H,3,6-7H2,(H,22,24). The van der Waals surface area contributed by atoms with E-state index in [2.05, 4.69) is 15.0 Å². The third kappa shape index (κ3) is 3.54. The van der Waals surface area contributed by atoms with Gasteiger partial charge in [-0.25, -0.2) is 0 Å². The van der Waals surface area contributed by atoms with Crippen molar-refractivity contribution in [2.45, 2.75) is 43.6 Å². The first-order valence-electron chi connectivity index (χ1n) is 8.27. The van der Waals surface area contributed by atoms with Crippen LogP contribution in [0.5, 0.6) is 11.6 Å². The highest BCUT2D eigenvalue weighted by molar-refractivity contribution is 7.06. The summed E-state index contributed by atoms with van der Waals surface area (Å²) in [5.41, 5.74) is 0.481. The number of benzene rings is 1. The molecule has 2 aliphatic heterocycles. The monoisotopic (exact) mass is 383 g/mol. The van der Waals surface area contributed by atoms with Gasteiger partial charge in [0.05, 0.1) is 0 Å². The highest BCUT2D eigenvalue weighted by Crippen LogP contribution is 2.35. The van der Waals surface area contributed by atoms with Gasteiger partial charge in [-0.05, 0) is 55.1 Å². The molecule has 5 nitrogen and oxygen atoms in total. The van der Waals surface area contributed by atoms with Crippen molar-refractivity contribution in [3.05, 3.63) is 40.8 Å². The van der Waals surface area contributed by atoms with E-state index >= 15 is 0 Å². The molecule has 1 aromatic heterocycles. The van der Waals surface area contributed by atoms with Crippen LogP contribution in [-0.2, 0) is 6.18 Å². The van der Waals surface area contributed by atoms with Gasteiger partial charge in [-0.2, -0.15) is 17.5 Å². The number of aromatic nitrogens is 1. The van der Waals surface area contributed by atoms with Gasteiger partial charge in [-0.3, -0.25) is 4.79 Å². The predicted molar refractivity (Wildman–Crippen MR) is 89.4 cm³/mol. The lowest BCUT2D eigenvalue weighted by molar-refractivity contribution is -0.134. The summed E-state index contributed by atoms with van der Waals surface area (Å²) in [5.74, 6) is 0.0404. The first-order chi connectivity index (χ1) is 12.4. The smallest absolute Gasteiger partial charge is 0.427 e. The molecule has 2 aromatic rings. The summed E-state index contributed by atoms with van der Waals surface area (Å²) in [4.78, 5) is 11.5. The molecule has 3 unspecified atom stereocenters. The average molecular weight is 383 g/mol. The molecule has 0 aliphatic carbocycles. The van der Waals surface area contributed by atoms with Crippen LogP contribution in [0.25, 0.3) is 0 Å². The quantitative estimate of drug-likeness (QED) is 0.847. The van der Waals surface area contributed by atoms with E-state index in [4.69, 9.17) is 4.74 Å². The number of alkyl halides is 3. The Labute approximate surface area is 151 Å². The summed E-state index contributed by atoms with van der Waals surface area (Å²) in [5, 5.41) is 6.50. The zero-order valence-corrected chi connectivity index (χ0v) is 14.4. The Morgan fingerprint density at radius 1 is 1.27 bits per heavy atom. The molecule has 2 fully saturated rings. The van der Waals surface area contributed by atoms with E-state index < -0.39 is 11.1 Å². The Morgan fingerprint density at radius 2 is 2.04 bits per heavy atom. The number of rotatable bonds is 4. The van der Waals surface area contributed by atoms with Gasteiger partial charge in [0, 0.05) is 29.8 Å². The van der Waals surface area contributed by atoms with Gasteiger partial charge in [0.15, 0.2) is 0 Å². The Hall–Kier alpha value is -2.13. The lowest BCUT2D eigenvalue weighted by atomic mass is 9.95. The number of nitrogens with zero attached hydrogens (tertiary/aromatic N) is 1. The topological polar surface area (TPSA) is 63.2 Å². The van der Waals surface area contributed by atoms with E-state index in [9.17, 15) is 18.0 Å². The summed E-state index contributed by atoms with van der Waals surface area (Å²) in [6.07, 6.45) is -1.25. The van der Waals surface area contributed by atoms with Gasteiger partial charge in [-0.1, -0.05) is 0 Å². The normalized spacial score (nSPS) is 24.7. The molecule has 26 heavy (non-hydrogen) atoms. The highest BCUT2D eigenvalue weighted by atomic mass is 32.1.